The Kier molecular flexibility index (Phi) is 5.35. The zero-order valence-electron chi connectivity index (χ0n) is 8.06. The molecule has 0 aromatic heterocycles. The average molecular weight is 218 g/mol. The van der Waals surface area contributed by atoms with E-state index in [1.165, 1.54) is 12.1 Å². The molecule has 0 aliphatic rings. The topological polar surface area (TPSA) is 97.7 Å². The summed E-state index contributed by atoms with van der Waals surface area (Å²) in [4.78, 5) is 20.8. The van der Waals surface area contributed by atoms with Gasteiger partial charge in [-0.3, -0.25) is 4.79 Å². The van der Waals surface area contributed by atoms with Gasteiger partial charge in [-0.1, -0.05) is 6.07 Å². The van der Waals surface area contributed by atoms with Crippen molar-refractivity contribution in [1.82, 2.24) is 0 Å². The summed E-state index contributed by atoms with van der Waals surface area (Å²) in [7, 11) is 0. The number of carboxylic acid groups (broad SMARTS) is 1. The second-order valence-corrected chi connectivity index (χ2v) is 2.71. The number of aliphatic carboxylic acids is 1. The van der Waals surface area contributed by atoms with Crippen LogP contribution >= 0.6 is 0 Å². The van der Waals surface area contributed by atoms with Crippen LogP contribution in [-0.4, -0.2) is 22.0 Å². The number of phenolic OH excluding ortho intramolecular Hbond substituents is 2. The monoisotopic (exact) mass is 218 g/mol. The first kappa shape index (κ1) is 14.0. The second-order valence-electron chi connectivity index (χ2n) is 2.71. The summed E-state index contributed by atoms with van der Waals surface area (Å²) in [6, 6.07) is 3.64. The van der Waals surface area contributed by atoms with Crippen LogP contribution in [0.3, 0.4) is 0 Å². The van der Waals surface area contributed by atoms with Crippen molar-refractivity contribution in [1.29, 1.82) is 0 Å². The molecule has 2 N–H and O–H groups in total. The Morgan fingerprint density at radius 1 is 1.20 bits per heavy atom. The molecule has 0 bridgehead atoms. The van der Waals surface area contributed by atoms with Crippen LogP contribution in [0.5, 0.6) is 11.5 Å². The number of hydrogen-bond acceptors (Lipinski definition) is 5. The van der Waals surface area contributed by atoms with Crippen molar-refractivity contribution in [2.75, 3.05) is 0 Å². The summed E-state index contributed by atoms with van der Waals surface area (Å²) in [5, 5.41) is 28.0. The van der Waals surface area contributed by atoms with Crippen LogP contribution < -0.4 is 34.7 Å². The molecule has 74 valence electrons. The smallest absolute Gasteiger partial charge is 0.542 e. The molecular formula is C9H7NaO5. The van der Waals surface area contributed by atoms with Crippen LogP contribution in [0.1, 0.15) is 5.56 Å². The summed E-state index contributed by atoms with van der Waals surface area (Å²) >= 11 is 0. The van der Waals surface area contributed by atoms with E-state index in [1.54, 1.807) is 0 Å². The Morgan fingerprint density at radius 2 is 1.80 bits per heavy atom. The number of phenols is 2. The van der Waals surface area contributed by atoms with Crippen molar-refractivity contribution in [2.45, 2.75) is 6.42 Å². The first-order valence-electron chi connectivity index (χ1n) is 3.75. The van der Waals surface area contributed by atoms with E-state index in [9.17, 15) is 14.7 Å². The molecule has 1 rings (SSSR count). The maximum Gasteiger partial charge on any atom is 1.00 e. The fourth-order valence-corrected chi connectivity index (χ4v) is 0.937. The molecular weight excluding hydrogens is 211 g/mol. The first-order valence-corrected chi connectivity index (χ1v) is 3.75. The van der Waals surface area contributed by atoms with Crippen LogP contribution in [0.25, 0.3) is 0 Å². The van der Waals surface area contributed by atoms with E-state index in [1.807, 2.05) is 0 Å². The summed E-state index contributed by atoms with van der Waals surface area (Å²) < 4.78 is 0. The number of carbonyl (C=O) groups is 2. The molecule has 0 saturated carbocycles. The second kappa shape index (κ2) is 5.75. The van der Waals surface area contributed by atoms with Crippen LogP contribution in [0.15, 0.2) is 18.2 Å². The molecule has 1 aromatic carbocycles. The summed E-state index contributed by atoms with van der Waals surface area (Å²) in [6.45, 7) is 0. The largest absolute Gasteiger partial charge is 1.00 e. The van der Waals surface area contributed by atoms with Crippen LogP contribution in [0.4, 0.5) is 0 Å². The summed E-state index contributed by atoms with van der Waals surface area (Å²) in [5.41, 5.74) is 0.300. The molecule has 15 heavy (non-hydrogen) atoms. The van der Waals surface area contributed by atoms with Crippen molar-refractivity contribution >= 4 is 11.8 Å². The molecule has 0 radical (unpaired) electrons. The molecule has 0 unspecified atom stereocenters. The Morgan fingerprint density at radius 3 is 2.27 bits per heavy atom. The SMILES string of the molecule is O=C([O-])C(=O)Cc1ccc(O)c(O)c1.[Na+]. The third-order valence-electron chi connectivity index (χ3n) is 1.63. The predicted molar refractivity (Wildman–Crippen MR) is 43.5 cm³/mol. The minimum absolute atomic E-state index is 0. The van der Waals surface area contributed by atoms with Gasteiger partial charge in [0.15, 0.2) is 17.3 Å². The third kappa shape index (κ3) is 3.91. The van der Waals surface area contributed by atoms with E-state index in [2.05, 4.69) is 0 Å². The van der Waals surface area contributed by atoms with E-state index < -0.39 is 17.5 Å². The van der Waals surface area contributed by atoms with E-state index in [0.29, 0.717) is 5.56 Å². The predicted octanol–water partition coefficient (Wildman–Crippen LogP) is -4.04. The van der Waals surface area contributed by atoms with Gasteiger partial charge in [-0.15, -0.1) is 0 Å². The molecule has 0 aliphatic carbocycles. The molecule has 0 heterocycles. The number of aromatic hydroxyl groups is 2. The molecule has 5 nitrogen and oxygen atoms in total. The van der Waals surface area contributed by atoms with Crippen molar-refractivity contribution in [3.05, 3.63) is 23.8 Å². The molecule has 0 fully saturated rings. The van der Waals surface area contributed by atoms with Gasteiger partial charge in [-0.25, -0.2) is 0 Å². The van der Waals surface area contributed by atoms with Crippen molar-refractivity contribution in [3.63, 3.8) is 0 Å². The number of benzene rings is 1. The van der Waals surface area contributed by atoms with Gasteiger partial charge in [0.05, 0.1) is 0 Å². The Hall–Kier alpha value is -1.04. The maximum atomic E-state index is 10.7. The fraction of sp³-hybridized carbons (Fsp3) is 0.111. The van der Waals surface area contributed by atoms with E-state index in [-0.39, 0.29) is 41.7 Å². The third-order valence-corrected chi connectivity index (χ3v) is 1.63. The number of ketones is 1. The van der Waals surface area contributed by atoms with Gasteiger partial charge >= 0.3 is 29.6 Å². The van der Waals surface area contributed by atoms with Gasteiger partial charge in [-0.05, 0) is 17.7 Å². The Bertz CT molecular complexity index is 388. The van der Waals surface area contributed by atoms with E-state index in [0.717, 1.165) is 6.07 Å². The van der Waals surface area contributed by atoms with Gasteiger partial charge in [-0.2, -0.15) is 0 Å². The molecule has 0 amide bonds. The zero-order chi connectivity index (χ0) is 10.7. The Labute approximate surface area is 108 Å². The molecule has 6 heteroatoms. The molecule has 1 aromatic rings. The van der Waals surface area contributed by atoms with Crippen LogP contribution in [0.2, 0.25) is 0 Å². The summed E-state index contributed by atoms with van der Waals surface area (Å²) in [5.74, 6) is -3.56. The fourth-order valence-electron chi connectivity index (χ4n) is 0.937. The van der Waals surface area contributed by atoms with Crippen LogP contribution in [-0.2, 0) is 16.0 Å². The van der Waals surface area contributed by atoms with Gasteiger partial charge < -0.3 is 20.1 Å². The van der Waals surface area contributed by atoms with Crippen molar-refractivity contribution < 1.29 is 54.5 Å². The first-order chi connectivity index (χ1) is 6.50. The minimum atomic E-state index is -1.77. The quantitative estimate of drug-likeness (QED) is 0.306. The number of hydrogen-bond donors (Lipinski definition) is 2. The number of carbonyl (C=O) groups excluding carboxylic acids is 2. The van der Waals surface area contributed by atoms with Crippen molar-refractivity contribution in [2.24, 2.45) is 0 Å². The summed E-state index contributed by atoms with van der Waals surface area (Å²) in [6.07, 6.45) is -0.365. The Balaban J connectivity index is 0.00000196. The standard InChI is InChI=1S/C9H8O5.Na/c10-6-2-1-5(3-7(6)11)4-8(12)9(13)14;/h1-3,10-11H,4H2,(H,13,14);/q;+1/p-1. The van der Waals surface area contributed by atoms with Gasteiger partial charge in [0.1, 0.15) is 5.97 Å². The average Bonchev–Trinajstić information content (AvgIpc) is 2.11. The van der Waals surface area contributed by atoms with Crippen molar-refractivity contribution in [3.8, 4) is 11.5 Å². The van der Waals surface area contributed by atoms with Crippen LogP contribution in [0, 0.1) is 0 Å². The molecule has 0 spiro atoms. The maximum absolute atomic E-state index is 10.7. The molecule has 0 atom stereocenters. The van der Waals surface area contributed by atoms with Gasteiger partial charge in [0, 0.05) is 6.42 Å². The van der Waals surface area contributed by atoms with Gasteiger partial charge in [0.2, 0.25) is 0 Å². The van der Waals surface area contributed by atoms with Gasteiger partial charge in [0.25, 0.3) is 0 Å². The number of Topliss-reactive ketones (excluding diaryl/α,β-unsaturated/α-hetero) is 1. The molecule has 0 aliphatic heterocycles. The number of carboxylic acids is 1. The number of rotatable bonds is 3. The normalized spacial score (nSPS) is 9.07. The zero-order valence-corrected chi connectivity index (χ0v) is 10.1. The minimum Gasteiger partial charge on any atom is -0.542 e. The van der Waals surface area contributed by atoms with E-state index >= 15 is 0 Å². The molecule has 0 saturated heterocycles. The van der Waals surface area contributed by atoms with E-state index in [4.69, 9.17) is 10.2 Å².